The number of ether oxygens (including phenoxy) is 2. The number of anilines is 1. The summed E-state index contributed by atoms with van der Waals surface area (Å²) in [6.07, 6.45) is 1.25. The lowest BCUT2D eigenvalue weighted by Crippen LogP contribution is -2.71. The number of carbonyl (C=O) groups is 1. The van der Waals surface area contributed by atoms with E-state index in [-0.39, 0.29) is 30.3 Å². The molecule has 2 aromatic carbocycles. The van der Waals surface area contributed by atoms with Crippen LogP contribution in [0.25, 0.3) is 0 Å². The van der Waals surface area contributed by atoms with Crippen molar-refractivity contribution in [2.24, 2.45) is 5.92 Å². The van der Waals surface area contributed by atoms with Crippen LogP contribution in [0.4, 0.5) is 28.0 Å². The molecule has 5 rings (SSSR count). The maximum absolute atomic E-state index is 14.2. The first kappa shape index (κ1) is 26.7. The third-order valence-corrected chi connectivity index (χ3v) is 8.07. The smallest absolute Gasteiger partial charge is 0.421 e. The molecule has 3 aliphatic rings. The Morgan fingerprint density at radius 1 is 1.00 bits per heavy atom. The van der Waals surface area contributed by atoms with Crippen LogP contribution in [0.3, 0.4) is 0 Å². The fourth-order valence-corrected chi connectivity index (χ4v) is 6.08. The number of urea groups is 1. The number of alkyl halides is 3. The zero-order chi connectivity index (χ0) is 26.8. The molecule has 3 N–H and O–H groups in total. The Bertz CT molecular complexity index is 1120. The maximum Gasteiger partial charge on any atom is 0.421 e. The van der Waals surface area contributed by atoms with Gasteiger partial charge in [0.15, 0.2) is 11.3 Å². The molecule has 3 unspecified atom stereocenters. The van der Waals surface area contributed by atoms with E-state index in [0.29, 0.717) is 18.7 Å². The summed E-state index contributed by atoms with van der Waals surface area (Å²) in [4.78, 5) is 13.0. The molecule has 2 aromatic rings. The number of piperidine rings is 1. The molecule has 38 heavy (non-hydrogen) atoms. The Kier molecular flexibility index (Phi) is 7.55. The number of halogens is 4. The van der Waals surface area contributed by atoms with Crippen LogP contribution in [-0.2, 0) is 10.3 Å². The van der Waals surface area contributed by atoms with E-state index in [1.54, 1.807) is 18.2 Å². The molecule has 6 nitrogen and oxygen atoms in total. The first-order chi connectivity index (χ1) is 18.2. The van der Waals surface area contributed by atoms with Gasteiger partial charge in [-0.05, 0) is 62.6 Å². The summed E-state index contributed by atoms with van der Waals surface area (Å²) in [5, 5.41) is 9.24. The monoisotopic (exact) mass is 535 g/mol. The molecule has 0 radical (unpaired) electrons. The van der Waals surface area contributed by atoms with Crippen LogP contribution < -0.4 is 20.7 Å². The summed E-state index contributed by atoms with van der Waals surface area (Å²) < 4.78 is 67.9. The molecule has 1 saturated carbocycles. The van der Waals surface area contributed by atoms with Crippen molar-refractivity contribution in [3.05, 3.63) is 59.9 Å². The van der Waals surface area contributed by atoms with E-state index < -0.39 is 35.4 Å². The zero-order valence-corrected chi connectivity index (χ0v) is 21.1. The molecule has 2 amide bonds. The second-order valence-corrected chi connectivity index (χ2v) is 10.4. The van der Waals surface area contributed by atoms with Gasteiger partial charge in [0.1, 0.15) is 11.6 Å². The number of hydrogen-bond acceptors (Lipinski definition) is 4. The van der Waals surface area contributed by atoms with Crippen LogP contribution in [0.1, 0.15) is 56.9 Å². The fourth-order valence-electron chi connectivity index (χ4n) is 6.08. The third kappa shape index (κ3) is 5.08. The lowest BCUT2D eigenvalue weighted by atomic mass is 9.75. The molecular weight excluding hydrogens is 502 g/mol. The first-order valence-electron chi connectivity index (χ1n) is 13.3. The van der Waals surface area contributed by atoms with Crippen LogP contribution in [-0.4, -0.2) is 37.1 Å². The van der Waals surface area contributed by atoms with Gasteiger partial charge in [0.25, 0.3) is 0 Å². The van der Waals surface area contributed by atoms with Gasteiger partial charge in [-0.1, -0.05) is 37.5 Å². The van der Waals surface area contributed by atoms with E-state index in [0.717, 1.165) is 38.5 Å². The quantitative estimate of drug-likeness (QED) is 0.384. The summed E-state index contributed by atoms with van der Waals surface area (Å²) in [6.45, 7) is 0.630. The predicted octanol–water partition coefficient (Wildman–Crippen LogP) is 6.23. The van der Waals surface area contributed by atoms with Gasteiger partial charge in [0.2, 0.25) is 0 Å². The molecule has 2 heterocycles. The molecule has 10 heteroatoms. The highest BCUT2D eigenvalue weighted by atomic mass is 19.4. The SMILES string of the molecule is O=C(Nc1ccc(F)cc1)NC1CCCNC1(Oc1ccccc1C1(C(F)(F)F)CCO1)C1CCCCC1. The molecule has 0 spiro atoms. The molecule has 2 aliphatic heterocycles. The minimum Gasteiger partial charge on any atom is -0.470 e. The van der Waals surface area contributed by atoms with Gasteiger partial charge in [-0.2, -0.15) is 13.2 Å². The molecule has 3 atom stereocenters. The number of hydrogen-bond donors (Lipinski definition) is 3. The average molecular weight is 536 g/mol. The van der Waals surface area contributed by atoms with E-state index in [1.807, 2.05) is 0 Å². The highest BCUT2D eigenvalue weighted by Gasteiger charge is 2.63. The first-order valence-corrected chi connectivity index (χ1v) is 13.3. The van der Waals surface area contributed by atoms with Gasteiger partial charge in [-0.25, -0.2) is 9.18 Å². The summed E-state index contributed by atoms with van der Waals surface area (Å²) >= 11 is 0. The van der Waals surface area contributed by atoms with Crippen LogP contribution in [0.2, 0.25) is 0 Å². The van der Waals surface area contributed by atoms with Gasteiger partial charge in [-0.15, -0.1) is 0 Å². The lowest BCUT2D eigenvalue weighted by molar-refractivity contribution is -0.334. The summed E-state index contributed by atoms with van der Waals surface area (Å²) in [5.74, 6) is -0.331. The summed E-state index contributed by atoms with van der Waals surface area (Å²) in [5.41, 5.74) is -3.13. The van der Waals surface area contributed by atoms with Crippen LogP contribution in [0.5, 0.6) is 5.75 Å². The van der Waals surface area contributed by atoms with Crippen molar-refractivity contribution in [2.45, 2.75) is 74.9 Å². The molecular formula is C28H33F4N3O3. The number of para-hydroxylation sites is 1. The average Bonchev–Trinajstić information content (AvgIpc) is 2.87. The van der Waals surface area contributed by atoms with Gasteiger partial charge < -0.3 is 20.1 Å². The van der Waals surface area contributed by atoms with Gasteiger partial charge in [-0.3, -0.25) is 5.32 Å². The van der Waals surface area contributed by atoms with Crippen molar-refractivity contribution >= 4 is 11.7 Å². The Labute approximate surface area is 219 Å². The molecule has 3 fully saturated rings. The minimum atomic E-state index is -4.60. The molecule has 2 saturated heterocycles. The number of benzene rings is 2. The second-order valence-electron chi connectivity index (χ2n) is 10.4. The third-order valence-electron chi connectivity index (χ3n) is 8.07. The standard InChI is InChI=1S/C28H33F4N3O3/c29-20-12-14-21(15-13-20)34-25(36)35-24-11-6-17-33-27(24,19-7-2-1-3-8-19)38-23-10-5-4-9-22(23)26(16-18-37-26)28(30,31)32/h4-5,9-10,12-15,19,24,33H,1-3,6-8,11,16-18H2,(H2,34,35,36). The predicted molar refractivity (Wildman–Crippen MR) is 134 cm³/mol. The highest BCUT2D eigenvalue weighted by molar-refractivity contribution is 5.89. The van der Waals surface area contributed by atoms with Crippen molar-refractivity contribution in [1.82, 2.24) is 10.6 Å². The molecule has 1 aliphatic carbocycles. The van der Waals surface area contributed by atoms with Crippen molar-refractivity contribution < 1.29 is 31.8 Å². The minimum absolute atomic E-state index is 0.0214. The van der Waals surface area contributed by atoms with Crippen molar-refractivity contribution in [3.63, 3.8) is 0 Å². The Morgan fingerprint density at radius 3 is 2.37 bits per heavy atom. The Balaban J connectivity index is 1.47. The number of rotatable bonds is 6. The topological polar surface area (TPSA) is 71.6 Å². The maximum atomic E-state index is 14.2. The molecule has 206 valence electrons. The van der Waals surface area contributed by atoms with Crippen molar-refractivity contribution in [2.75, 3.05) is 18.5 Å². The molecule has 0 aromatic heterocycles. The van der Waals surface area contributed by atoms with Gasteiger partial charge in [0, 0.05) is 23.6 Å². The van der Waals surface area contributed by atoms with E-state index >= 15 is 0 Å². The number of amides is 2. The van der Waals surface area contributed by atoms with Crippen molar-refractivity contribution in [3.8, 4) is 5.75 Å². The fraction of sp³-hybridized carbons (Fsp3) is 0.536. The Hall–Kier alpha value is -2.85. The normalized spacial score (nSPS) is 28.3. The van der Waals surface area contributed by atoms with Crippen LogP contribution in [0, 0.1) is 11.7 Å². The van der Waals surface area contributed by atoms with E-state index in [4.69, 9.17) is 9.47 Å². The van der Waals surface area contributed by atoms with Gasteiger partial charge in [0.05, 0.1) is 12.6 Å². The Morgan fingerprint density at radius 2 is 1.71 bits per heavy atom. The zero-order valence-electron chi connectivity index (χ0n) is 21.1. The second kappa shape index (κ2) is 10.7. The number of nitrogens with one attached hydrogen (secondary N) is 3. The van der Waals surface area contributed by atoms with E-state index in [9.17, 15) is 22.4 Å². The molecule has 0 bridgehead atoms. The number of carbonyl (C=O) groups excluding carboxylic acids is 1. The largest absolute Gasteiger partial charge is 0.470 e. The summed E-state index contributed by atoms with van der Waals surface area (Å²) in [6, 6.07) is 10.6. The highest BCUT2D eigenvalue weighted by Crippen LogP contribution is 2.53. The van der Waals surface area contributed by atoms with E-state index in [1.165, 1.54) is 30.3 Å². The summed E-state index contributed by atoms with van der Waals surface area (Å²) in [7, 11) is 0. The van der Waals surface area contributed by atoms with Crippen LogP contribution >= 0.6 is 0 Å². The van der Waals surface area contributed by atoms with Crippen molar-refractivity contribution in [1.29, 1.82) is 0 Å². The lowest BCUT2D eigenvalue weighted by Gasteiger charge is -2.51. The van der Waals surface area contributed by atoms with Gasteiger partial charge >= 0.3 is 12.2 Å². The van der Waals surface area contributed by atoms with E-state index in [2.05, 4.69) is 16.0 Å². The van der Waals surface area contributed by atoms with Crippen LogP contribution in [0.15, 0.2) is 48.5 Å².